The number of imidazole rings is 1. The number of hydrogen-bond donors (Lipinski definition) is 0. The summed E-state index contributed by atoms with van der Waals surface area (Å²) < 4.78 is 3.29. The summed E-state index contributed by atoms with van der Waals surface area (Å²) >= 11 is 12.6. The first-order chi connectivity index (χ1) is 15.1. The van der Waals surface area contributed by atoms with E-state index in [9.17, 15) is 4.79 Å². The fraction of sp³-hybridized carbons (Fsp3) is 0.0417. The Morgan fingerprint density at radius 1 is 0.839 bits per heavy atom. The van der Waals surface area contributed by atoms with E-state index >= 15 is 0 Å². The molecule has 0 saturated heterocycles. The van der Waals surface area contributed by atoms with Crippen LogP contribution in [0.1, 0.15) is 5.56 Å². The van der Waals surface area contributed by atoms with E-state index in [1.165, 1.54) is 4.68 Å². The summed E-state index contributed by atoms with van der Waals surface area (Å²) in [7, 11) is 0. The van der Waals surface area contributed by atoms with Crippen molar-refractivity contribution in [2.45, 2.75) is 6.54 Å². The highest BCUT2D eigenvalue weighted by atomic mass is 35.5. The van der Waals surface area contributed by atoms with Gasteiger partial charge >= 0.3 is 0 Å². The van der Waals surface area contributed by atoms with Gasteiger partial charge in [-0.1, -0.05) is 65.7 Å². The molecule has 0 saturated carbocycles. The van der Waals surface area contributed by atoms with Crippen LogP contribution in [-0.4, -0.2) is 19.3 Å². The van der Waals surface area contributed by atoms with Gasteiger partial charge in [0.15, 0.2) is 5.52 Å². The molecule has 0 spiro atoms. The van der Waals surface area contributed by atoms with Crippen molar-refractivity contribution in [3.63, 3.8) is 0 Å². The van der Waals surface area contributed by atoms with Crippen molar-refractivity contribution in [2.24, 2.45) is 0 Å². The first-order valence-corrected chi connectivity index (χ1v) is 10.4. The van der Waals surface area contributed by atoms with E-state index in [2.05, 4.69) is 5.10 Å². The number of halogens is 2. The lowest BCUT2D eigenvalue weighted by atomic mass is 10.2. The number of rotatable bonds is 4. The summed E-state index contributed by atoms with van der Waals surface area (Å²) in [6.45, 7) is 0.366. The Morgan fingerprint density at radius 2 is 1.55 bits per heavy atom. The molecule has 0 aliphatic carbocycles. The zero-order valence-electron chi connectivity index (χ0n) is 16.2. The monoisotopic (exact) mass is 446 g/mol. The van der Waals surface area contributed by atoms with Crippen LogP contribution in [-0.2, 0) is 6.54 Å². The molecule has 3 aromatic carbocycles. The molecule has 0 atom stereocenters. The van der Waals surface area contributed by atoms with E-state index in [1.807, 2.05) is 65.2 Å². The van der Waals surface area contributed by atoms with E-state index in [-0.39, 0.29) is 5.56 Å². The van der Waals surface area contributed by atoms with Gasteiger partial charge in [-0.15, -0.1) is 0 Å². The number of hydrogen-bond acceptors (Lipinski definition) is 3. The molecular formula is C24H16Cl2N4O. The van der Waals surface area contributed by atoms with Crippen LogP contribution in [0.5, 0.6) is 0 Å². The minimum Gasteiger partial charge on any atom is -0.289 e. The molecule has 5 rings (SSSR count). The first kappa shape index (κ1) is 19.5. The third-order valence-corrected chi connectivity index (χ3v) is 5.61. The van der Waals surface area contributed by atoms with Gasteiger partial charge in [0, 0.05) is 10.6 Å². The Hall–Kier alpha value is -3.41. The average Bonchev–Trinajstić information content (AvgIpc) is 3.17. The van der Waals surface area contributed by atoms with E-state index in [1.54, 1.807) is 24.4 Å². The molecule has 0 aliphatic rings. The molecule has 2 heterocycles. The van der Waals surface area contributed by atoms with Gasteiger partial charge in [0.25, 0.3) is 5.56 Å². The largest absolute Gasteiger partial charge is 0.295 e. The lowest BCUT2D eigenvalue weighted by molar-refractivity contribution is 0.645. The van der Waals surface area contributed by atoms with Crippen molar-refractivity contribution in [3.05, 3.63) is 111 Å². The van der Waals surface area contributed by atoms with Crippen LogP contribution in [0.25, 0.3) is 28.1 Å². The number of benzene rings is 3. The van der Waals surface area contributed by atoms with E-state index in [4.69, 9.17) is 28.2 Å². The number of fused-ring (bicyclic) bond motifs is 1. The average molecular weight is 447 g/mol. The molecule has 152 valence electrons. The molecule has 0 aliphatic heterocycles. The number of aromatic nitrogens is 4. The predicted molar refractivity (Wildman–Crippen MR) is 124 cm³/mol. The van der Waals surface area contributed by atoms with E-state index in [0.717, 1.165) is 16.8 Å². The maximum Gasteiger partial charge on any atom is 0.295 e. The summed E-state index contributed by atoms with van der Waals surface area (Å²) in [6, 6.07) is 24.5. The van der Waals surface area contributed by atoms with Gasteiger partial charge in [0.2, 0.25) is 0 Å². The van der Waals surface area contributed by atoms with Crippen molar-refractivity contribution in [1.29, 1.82) is 0 Å². The lowest BCUT2D eigenvalue weighted by Gasteiger charge is -2.11. The SMILES string of the molecule is O=c1c2nc(-c3ccc(Cl)cc3)n(-c3ccccc3Cl)c2cnn1Cc1ccccc1. The van der Waals surface area contributed by atoms with Crippen molar-refractivity contribution >= 4 is 34.2 Å². The zero-order chi connectivity index (χ0) is 21.4. The maximum absolute atomic E-state index is 13.3. The second-order valence-electron chi connectivity index (χ2n) is 7.06. The van der Waals surface area contributed by atoms with Crippen LogP contribution < -0.4 is 5.56 Å². The second kappa shape index (κ2) is 8.02. The Bertz CT molecular complexity index is 1440. The molecule has 0 unspecified atom stereocenters. The minimum absolute atomic E-state index is 0.262. The third kappa shape index (κ3) is 3.63. The van der Waals surface area contributed by atoms with Crippen LogP contribution in [0.15, 0.2) is 89.9 Å². The number of nitrogens with zero attached hydrogens (tertiary/aromatic N) is 4. The van der Waals surface area contributed by atoms with Crippen LogP contribution in [0.3, 0.4) is 0 Å². The highest BCUT2D eigenvalue weighted by Crippen LogP contribution is 2.31. The Kier molecular flexibility index (Phi) is 5.06. The van der Waals surface area contributed by atoms with Crippen LogP contribution >= 0.6 is 23.2 Å². The molecule has 2 aromatic heterocycles. The molecule has 31 heavy (non-hydrogen) atoms. The minimum atomic E-state index is -0.262. The quantitative estimate of drug-likeness (QED) is 0.360. The molecule has 5 nitrogen and oxygen atoms in total. The lowest BCUT2D eigenvalue weighted by Crippen LogP contribution is -2.23. The Balaban J connectivity index is 1.75. The van der Waals surface area contributed by atoms with Crippen LogP contribution in [0.4, 0.5) is 0 Å². The Morgan fingerprint density at radius 3 is 2.29 bits per heavy atom. The molecular weight excluding hydrogens is 431 g/mol. The van der Waals surface area contributed by atoms with Crippen LogP contribution in [0.2, 0.25) is 10.0 Å². The molecule has 0 bridgehead atoms. The second-order valence-corrected chi connectivity index (χ2v) is 7.90. The third-order valence-electron chi connectivity index (χ3n) is 5.04. The fourth-order valence-electron chi connectivity index (χ4n) is 3.55. The van der Waals surface area contributed by atoms with Crippen molar-refractivity contribution in [2.75, 3.05) is 0 Å². The summed E-state index contributed by atoms with van der Waals surface area (Å²) in [4.78, 5) is 18.0. The molecule has 0 amide bonds. The maximum atomic E-state index is 13.3. The summed E-state index contributed by atoms with van der Waals surface area (Å²) in [5.74, 6) is 0.594. The highest BCUT2D eigenvalue weighted by Gasteiger charge is 2.19. The summed E-state index contributed by atoms with van der Waals surface area (Å²) in [6.07, 6.45) is 1.66. The van der Waals surface area contributed by atoms with Gasteiger partial charge in [-0.05, 0) is 42.0 Å². The van der Waals surface area contributed by atoms with Gasteiger partial charge in [-0.2, -0.15) is 5.10 Å². The van der Waals surface area contributed by atoms with Gasteiger partial charge in [0.05, 0.1) is 29.0 Å². The van der Waals surface area contributed by atoms with Gasteiger partial charge in [-0.25, -0.2) is 9.67 Å². The van der Waals surface area contributed by atoms with Gasteiger partial charge < -0.3 is 0 Å². The topological polar surface area (TPSA) is 52.7 Å². The molecule has 7 heteroatoms. The van der Waals surface area contributed by atoms with Gasteiger partial charge in [-0.3, -0.25) is 9.36 Å². The predicted octanol–water partition coefficient (Wildman–Crippen LogP) is 5.60. The molecule has 0 N–H and O–H groups in total. The van der Waals surface area contributed by atoms with Gasteiger partial charge in [0.1, 0.15) is 5.82 Å². The normalized spacial score (nSPS) is 11.2. The summed E-state index contributed by atoms with van der Waals surface area (Å²) in [5, 5.41) is 5.59. The summed E-state index contributed by atoms with van der Waals surface area (Å²) in [5.41, 5.74) is 3.18. The van der Waals surface area contributed by atoms with Crippen molar-refractivity contribution < 1.29 is 0 Å². The van der Waals surface area contributed by atoms with Crippen LogP contribution in [0, 0.1) is 0 Å². The fourth-order valence-corrected chi connectivity index (χ4v) is 3.89. The molecule has 0 radical (unpaired) electrons. The van der Waals surface area contributed by atoms with E-state index in [0.29, 0.717) is 33.4 Å². The van der Waals surface area contributed by atoms with Crippen molar-refractivity contribution in [3.8, 4) is 17.1 Å². The molecule has 0 fully saturated rings. The van der Waals surface area contributed by atoms with E-state index < -0.39 is 0 Å². The number of para-hydroxylation sites is 1. The standard InChI is InChI=1S/C24H16Cl2N4O/c25-18-12-10-17(11-13-18)23-28-22-21(30(23)20-9-5-4-8-19(20)26)14-27-29(24(22)31)15-16-6-2-1-3-7-16/h1-14H,15H2. The smallest absolute Gasteiger partial charge is 0.289 e. The molecule has 5 aromatic rings. The first-order valence-electron chi connectivity index (χ1n) is 9.65. The highest BCUT2D eigenvalue weighted by molar-refractivity contribution is 6.32. The zero-order valence-corrected chi connectivity index (χ0v) is 17.8. The Labute approximate surface area is 188 Å². The van der Waals surface area contributed by atoms with Crippen molar-refractivity contribution in [1.82, 2.24) is 19.3 Å².